The van der Waals surface area contributed by atoms with Gasteiger partial charge in [-0.2, -0.15) is 13.2 Å². The topological polar surface area (TPSA) is 20.9 Å². The van der Waals surface area contributed by atoms with Crippen LogP contribution in [-0.2, 0) is 18.9 Å². The van der Waals surface area contributed by atoms with Crippen molar-refractivity contribution < 1.29 is 22.5 Å². The number of benzene rings is 3. The highest BCUT2D eigenvalue weighted by atomic mass is 19.4. The van der Waals surface area contributed by atoms with Gasteiger partial charge in [-0.1, -0.05) is 90.1 Å². The molecule has 0 bridgehead atoms. The van der Waals surface area contributed by atoms with Crippen molar-refractivity contribution in [1.29, 1.82) is 0 Å². The van der Waals surface area contributed by atoms with Gasteiger partial charge in [0.1, 0.15) is 7.05 Å². The zero-order valence-corrected chi connectivity index (χ0v) is 24.0. The maximum absolute atomic E-state index is 13.7. The van der Waals surface area contributed by atoms with E-state index in [9.17, 15) is 18.0 Å². The number of carbonyl (C=O) groups is 1. The number of pyridine rings is 1. The van der Waals surface area contributed by atoms with E-state index in [-0.39, 0.29) is 22.0 Å². The van der Waals surface area contributed by atoms with Crippen LogP contribution in [0.25, 0.3) is 33.2 Å². The standard InChI is InChI=1S/C34H37F3NO/c1-21-24-11-9-10-12-25(24)29(33(5,6)7)17-26(21)30-18-27(28(20-38(30)8)31(39)34(35,36)37)23-15-13-22(14-16-23)19-32(2,3)4/h9-18,20H,19H2,1-8H3/q+1. The molecule has 0 spiro atoms. The van der Waals surface area contributed by atoms with Crippen LogP contribution in [0.3, 0.4) is 0 Å². The van der Waals surface area contributed by atoms with E-state index in [2.05, 4.69) is 59.7 Å². The van der Waals surface area contributed by atoms with Crippen LogP contribution < -0.4 is 4.57 Å². The summed E-state index contributed by atoms with van der Waals surface area (Å²) in [4.78, 5) is 12.6. The third kappa shape index (κ3) is 5.93. The molecule has 39 heavy (non-hydrogen) atoms. The summed E-state index contributed by atoms with van der Waals surface area (Å²) in [6, 6.07) is 19.6. The molecule has 0 N–H and O–H groups in total. The Kier molecular flexibility index (Phi) is 7.26. The van der Waals surface area contributed by atoms with Crippen LogP contribution in [0.1, 0.15) is 68.6 Å². The first-order valence-corrected chi connectivity index (χ1v) is 13.2. The fraction of sp³-hybridized carbons (Fsp3) is 0.353. The van der Waals surface area contributed by atoms with Crippen molar-refractivity contribution in [1.82, 2.24) is 0 Å². The number of alkyl halides is 3. The largest absolute Gasteiger partial charge is 0.455 e. The van der Waals surface area contributed by atoms with Crippen LogP contribution in [0.5, 0.6) is 0 Å². The first-order valence-electron chi connectivity index (χ1n) is 13.2. The highest BCUT2D eigenvalue weighted by molar-refractivity contribution is 6.05. The van der Waals surface area contributed by atoms with Gasteiger partial charge in [0.05, 0.1) is 5.56 Å². The summed E-state index contributed by atoms with van der Waals surface area (Å²) >= 11 is 0. The fourth-order valence-corrected chi connectivity index (χ4v) is 5.31. The van der Waals surface area contributed by atoms with Crippen LogP contribution in [0.4, 0.5) is 13.2 Å². The summed E-state index contributed by atoms with van der Waals surface area (Å²) in [5.74, 6) is -1.84. The molecule has 3 aromatic carbocycles. The average molecular weight is 533 g/mol. The summed E-state index contributed by atoms with van der Waals surface area (Å²) in [6.07, 6.45) is -2.81. The maximum Gasteiger partial charge on any atom is 0.455 e. The molecule has 0 fully saturated rings. The summed E-state index contributed by atoms with van der Waals surface area (Å²) in [7, 11) is 1.70. The number of Topliss-reactive ketones (excluding diaryl/α,β-unsaturated/α-hetero) is 1. The number of ketones is 1. The van der Waals surface area contributed by atoms with Crippen LogP contribution >= 0.6 is 0 Å². The molecular formula is C34H37F3NO+. The second kappa shape index (κ2) is 9.93. The second-order valence-corrected chi connectivity index (χ2v) is 12.8. The Morgan fingerprint density at radius 3 is 1.95 bits per heavy atom. The third-order valence-corrected chi connectivity index (χ3v) is 7.17. The molecule has 0 saturated carbocycles. The minimum Gasteiger partial charge on any atom is -0.284 e. The maximum atomic E-state index is 13.7. The predicted molar refractivity (Wildman–Crippen MR) is 153 cm³/mol. The Balaban J connectivity index is 2.00. The number of aryl methyl sites for hydroxylation is 2. The van der Waals surface area contributed by atoms with Crippen molar-refractivity contribution in [2.75, 3.05) is 0 Å². The van der Waals surface area contributed by atoms with E-state index in [4.69, 9.17) is 0 Å². The van der Waals surface area contributed by atoms with Crippen LogP contribution in [0, 0.1) is 12.3 Å². The van der Waals surface area contributed by atoms with Crippen LogP contribution in [-0.4, -0.2) is 12.0 Å². The van der Waals surface area contributed by atoms with Crippen molar-refractivity contribution in [2.45, 2.75) is 66.5 Å². The summed E-state index contributed by atoms with van der Waals surface area (Å²) in [6.45, 7) is 14.9. The first-order chi connectivity index (χ1) is 18.0. The van der Waals surface area contributed by atoms with Gasteiger partial charge in [-0.3, -0.25) is 4.79 Å². The molecule has 2 nitrogen and oxygen atoms in total. The third-order valence-electron chi connectivity index (χ3n) is 7.17. The zero-order chi connectivity index (χ0) is 28.9. The van der Waals surface area contributed by atoms with Gasteiger partial charge in [-0.15, -0.1) is 0 Å². The van der Waals surface area contributed by atoms with E-state index in [1.54, 1.807) is 17.7 Å². The molecule has 5 heteroatoms. The molecule has 4 rings (SSSR count). The first kappa shape index (κ1) is 28.5. The SMILES string of the molecule is Cc1c(-c2cc(-c3ccc(CC(C)(C)C)cc3)c(C(=O)C(F)(F)F)c[n+]2C)cc(C(C)(C)C)c2ccccc12. The Labute approximate surface area is 229 Å². The van der Waals surface area contributed by atoms with E-state index in [1.165, 1.54) is 6.20 Å². The van der Waals surface area contributed by atoms with Gasteiger partial charge in [0.15, 0.2) is 6.20 Å². The van der Waals surface area contributed by atoms with Gasteiger partial charge in [-0.25, -0.2) is 4.57 Å². The number of nitrogens with zero attached hydrogens (tertiary/aromatic N) is 1. The smallest absolute Gasteiger partial charge is 0.284 e. The highest BCUT2D eigenvalue weighted by Crippen LogP contribution is 2.39. The van der Waals surface area contributed by atoms with E-state index < -0.39 is 12.0 Å². The number of fused-ring (bicyclic) bond motifs is 1. The van der Waals surface area contributed by atoms with E-state index in [0.717, 1.165) is 45.1 Å². The van der Waals surface area contributed by atoms with Crippen molar-refractivity contribution in [2.24, 2.45) is 12.5 Å². The number of halogens is 3. The Bertz CT molecular complexity index is 1550. The van der Waals surface area contributed by atoms with Gasteiger partial charge >= 0.3 is 6.18 Å². The lowest BCUT2D eigenvalue weighted by atomic mass is 9.80. The second-order valence-electron chi connectivity index (χ2n) is 12.8. The Hall–Kier alpha value is -3.47. The van der Waals surface area contributed by atoms with Crippen LogP contribution in [0.2, 0.25) is 0 Å². The normalized spacial score (nSPS) is 12.7. The lowest BCUT2D eigenvalue weighted by Crippen LogP contribution is -2.35. The van der Waals surface area contributed by atoms with Crippen molar-refractivity contribution in [3.05, 3.63) is 89.1 Å². The van der Waals surface area contributed by atoms with Gasteiger partial charge in [0.25, 0.3) is 5.78 Å². The molecule has 0 amide bonds. The Morgan fingerprint density at radius 1 is 0.821 bits per heavy atom. The Morgan fingerprint density at radius 2 is 1.41 bits per heavy atom. The lowest BCUT2D eigenvalue weighted by molar-refractivity contribution is -0.660. The van der Waals surface area contributed by atoms with Gasteiger partial charge < -0.3 is 0 Å². The molecule has 4 aromatic rings. The zero-order valence-electron chi connectivity index (χ0n) is 24.0. The molecule has 0 radical (unpaired) electrons. The quantitative estimate of drug-likeness (QED) is 0.190. The van der Waals surface area contributed by atoms with Crippen molar-refractivity contribution >= 4 is 16.6 Å². The van der Waals surface area contributed by atoms with E-state index in [1.807, 2.05) is 43.3 Å². The van der Waals surface area contributed by atoms with Crippen LogP contribution in [0.15, 0.2) is 66.9 Å². The average Bonchev–Trinajstić information content (AvgIpc) is 2.82. The molecule has 0 aliphatic carbocycles. The summed E-state index contributed by atoms with van der Waals surface area (Å²) < 4.78 is 42.7. The molecule has 0 aliphatic heterocycles. The summed E-state index contributed by atoms with van der Waals surface area (Å²) in [5.41, 5.74) is 5.38. The number of rotatable bonds is 4. The fourth-order valence-electron chi connectivity index (χ4n) is 5.31. The monoisotopic (exact) mass is 532 g/mol. The number of hydrogen-bond acceptors (Lipinski definition) is 1. The predicted octanol–water partition coefficient (Wildman–Crippen LogP) is 8.94. The molecule has 0 atom stereocenters. The van der Waals surface area contributed by atoms with Crippen molar-refractivity contribution in [3.63, 3.8) is 0 Å². The minimum atomic E-state index is -4.98. The highest BCUT2D eigenvalue weighted by Gasteiger charge is 2.42. The lowest BCUT2D eigenvalue weighted by Gasteiger charge is -2.24. The molecule has 1 aromatic heterocycles. The molecule has 204 valence electrons. The molecule has 1 heterocycles. The number of carbonyl (C=O) groups excluding carboxylic acids is 1. The minimum absolute atomic E-state index is 0.0744. The molecule has 0 aliphatic rings. The van der Waals surface area contributed by atoms with E-state index in [0.29, 0.717) is 5.56 Å². The van der Waals surface area contributed by atoms with Gasteiger partial charge in [0, 0.05) is 17.2 Å². The molecule has 0 saturated heterocycles. The van der Waals surface area contributed by atoms with E-state index >= 15 is 0 Å². The number of aromatic nitrogens is 1. The summed E-state index contributed by atoms with van der Waals surface area (Å²) in [5, 5.41) is 2.26. The molecular weight excluding hydrogens is 495 g/mol. The molecule has 0 unspecified atom stereocenters. The van der Waals surface area contributed by atoms with Crippen molar-refractivity contribution in [3.8, 4) is 22.4 Å². The van der Waals surface area contributed by atoms with Gasteiger partial charge in [0.2, 0.25) is 5.69 Å². The van der Waals surface area contributed by atoms with Gasteiger partial charge in [-0.05, 0) is 63.3 Å². The number of hydrogen-bond donors (Lipinski definition) is 0.